The lowest BCUT2D eigenvalue weighted by Gasteiger charge is -2.22. The minimum absolute atomic E-state index is 0.502. The molecule has 1 aliphatic carbocycles. The zero-order valence-electron chi connectivity index (χ0n) is 10.6. The van der Waals surface area contributed by atoms with E-state index in [1.54, 1.807) is 6.20 Å². The zero-order chi connectivity index (χ0) is 12.7. The third-order valence-electron chi connectivity index (χ3n) is 4.04. The Hall–Kier alpha value is -2.16. The Bertz CT molecular complexity index is 696. The van der Waals surface area contributed by atoms with Gasteiger partial charge < -0.3 is 4.98 Å². The number of H-pyrrole nitrogens is 1. The molecule has 3 aromatic rings. The number of pyridine rings is 1. The molecular weight excluding hydrogens is 234 g/mol. The van der Waals surface area contributed by atoms with Crippen LogP contribution in [0.3, 0.4) is 0 Å². The second-order valence-corrected chi connectivity index (χ2v) is 5.22. The molecule has 0 aliphatic heterocycles. The largest absolute Gasteiger partial charge is 0.340 e. The summed E-state index contributed by atoms with van der Waals surface area (Å²) in [5.74, 6) is 1.61. The fourth-order valence-electron chi connectivity index (χ4n) is 3.00. The van der Waals surface area contributed by atoms with Crippen LogP contribution in [-0.2, 0) is 12.8 Å². The summed E-state index contributed by atoms with van der Waals surface area (Å²) >= 11 is 0. The molecule has 0 fully saturated rings. The Labute approximate surface area is 111 Å². The van der Waals surface area contributed by atoms with Gasteiger partial charge in [-0.25, -0.2) is 4.98 Å². The van der Waals surface area contributed by atoms with Gasteiger partial charge in [-0.2, -0.15) is 0 Å². The maximum absolute atomic E-state index is 4.71. The van der Waals surface area contributed by atoms with E-state index in [1.165, 1.54) is 17.5 Å². The average Bonchev–Trinajstić information content (AvgIpc) is 2.90. The Morgan fingerprint density at radius 2 is 2.00 bits per heavy atom. The average molecular weight is 249 g/mol. The molecule has 3 heteroatoms. The van der Waals surface area contributed by atoms with Crippen molar-refractivity contribution in [1.82, 2.24) is 15.0 Å². The minimum Gasteiger partial charge on any atom is -0.340 e. The van der Waals surface area contributed by atoms with Gasteiger partial charge in [0.25, 0.3) is 0 Å². The number of hydrogen-bond acceptors (Lipinski definition) is 2. The molecule has 1 aromatic carbocycles. The quantitative estimate of drug-likeness (QED) is 0.719. The number of nitrogens with zero attached hydrogens (tertiary/aromatic N) is 2. The highest BCUT2D eigenvalue weighted by Crippen LogP contribution is 2.31. The SMILES string of the molecule is c1ccc2c(c1)CCC(c1nc3ccncc3[nH]1)C2. The lowest BCUT2D eigenvalue weighted by atomic mass is 9.83. The van der Waals surface area contributed by atoms with Crippen molar-refractivity contribution < 1.29 is 0 Å². The number of aromatic amines is 1. The lowest BCUT2D eigenvalue weighted by molar-refractivity contribution is 0.561. The van der Waals surface area contributed by atoms with Gasteiger partial charge in [0, 0.05) is 12.1 Å². The highest BCUT2D eigenvalue weighted by Gasteiger charge is 2.22. The molecule has 4 rings (SSSR count). The summed E-state index contributed by atoms with van der Waals surface area (Å²) in [5, 5.41) is 0. The van der Waals surface area contributed by atoms with Crippen molar-refractivity contribution >= 4 is 11.0 Å². The number of fused-ring (bicyclic) bond motifs is 2. The van der Waals surface area contributed by atoms with Crippen molar-refractivity contribution in [2.45, 2.75) is 25.2 Å². The zero-order valence-corrected chi connectivity index (χ0v) is 10.6. The third kappa shape index (κ3) is 1.82. The fraction of sp³-hybridized carbons (Fsp3) is 0.250. The molecule has 1 N–H and O–H groups in total. The number of aryl methyl sites for hydroxylation is 1. The number of rotatable bonds is 1. The van der Waals surface area contributed by atoms with E-state index in [9.17, 15) is 0 Å². The van der Waals surface area contributed by atoms with E-state index in [1.807, 2.05) is 12.3 Å². The van der Waals surface area contributed by atoms with E-state index in [0.29, 0.717) is 5.92 Å². The molecular formula is C16H15N3. The predicted octanol–water partition coefficient (Wildman–Crippen LogP) is 3.23. The summed E-state index contributed by atoms with van der Waals surface area (Å²) in [6.45, 7) is 0. The van der Waals surface area contributed by atoms with Crippen LogP contribution in [0.4, 0.5) is 0 Å². The van der Waals surface area contributed by atoms with Gasteiger partial charge in [-0.1, -0.05) is 24.3 Å². The molecule has 0 radical (unpaired) electrons. The number of hydrogen-bond donors (Lipinski definition) is 1. The second-order valence-electron chi connectivity index (χ2n) is 5.22. The van der Waals surface area contributed by atoms with Gasteiger partial charge in [0.2, 0.25) is 0 Å². The van der Waals surface area contributed by atoms with Crippen LogP contribution in [0, 0.1) is 0 Å². The molecule has 1 unspecified atom stereocenters. The van der Waals surface area contributed by atoms with Crippen LogP contribution >= 0.6 is 0 Å². The van der Waals surface area contributed by atoms with Gasteiger partial charge in [-0.3, -0.25) is 4.98 Å². The smallest absolute Gasteiger partial charge is 0.110 e. The molecule has 3 nitrogen and oxygen atoms in total. The highest BCUT2D eigenvalue weighted by molar-refractivity contribution is 5.73. The van der Waals surface area contributed by atoms with Gasteiger partial charge in [-0.15, -0.1) is 0 Å². The van der Waals surface area contributed by atoms with E-state index < -0.39 is 0 Å². The first-order chi connectivity index (χ1) is 9.40. The van der Waals surface area contributed by atoms with Crippen LogP contribution in [0.2, 0.25) is 0 Å². The number of benzene rings is 1. The van der Waals surface area contributed by atoms with Gasteiger partial charge >= 0.3 is 0 Å². The standard InChI is InChI=1S/C16H15N3/c1-2-4-12-9-13(6-5-11(12)3-1)16-18-14-7-8-17-10-15(14)19-16/h1-4,7-8,10,13H,5-6,9H2,(H,18,19). The van der Waals surface area contributed by atoms with Crippen LogP contribution in [0.15, 0.2) is 42.7 Å². The summed E-state index contributed by atoms with van der Waals surface area (Å²) in [6.07, 6.45) is 7.05. The van der Waals surface area contributed by atoms with Gasteiger partial charge in [0.05, 0.1) is 17.2 Å². The van der Waals surface area contributed by atoms with Gasteiger partial charge in [0.1, 0.15) is 5.82 Å². The van der Waals surface area contributed by atoms with Crippen LogP contribution < -0.4 is 0 Å². The molecule has 94 valence electrons. The van der Waals surface area contributed by atoms with E-state index in [-0.39, 0.29) is 0 Å². The number of aromatic nitrogens is 3. The first-order valence-corrected chi connectivity index (χ1v) is 6.76. The molecule has 0 saturated heterocycles. The van der Waals surface area contributed by atoms with Crippen molar-refractivity contribution in [3.63, 3.8) is 0 Å². The molecule has 1 atom stereocenters. The monoisotopic (exact) mass is 249 g/mol. The van der Waals surface area contributed by atoms with Crippen LogP contribution in [0.25, 0.3) is 11.0 Å². The summed E-state index contributed by atoms with van der Waals surface area (Å²) in [6, 6.07) is 10.7. The highest BCUT2D eigenvalue weighted by atomic mass is 14.9. The Morgan fingerprint density at radius 1 is 1.11 bits per heavy atom. The molecule has 0 amide bonds. The minimum atomic E-state index is 0.502. The summed E-state index contributed by atoms with van der Waals surface area (Å²) in [4.78, 5) is 12.3. The third-order valence-corrected chi connectivity index (χ3v) is 4.04. The Balaban J connectivity index is 1.70. The Kier molecular flexibility index (Phi) is 2.37. The molecule has 0 saturated carbocycles. The fourth-order valence-corrected chi connectivity index (χ4v) is 3.00. The molecule has 0 spiro atoms. The normalized spacial score (nSPS) is 18.4. The van der Waals surface area contributed by atoms with Crippen LogP contribution in [-0.4, -0.2) is 15.0 Å². The van der Waals surface area contributed by atoms with E-state index in [2.05, 4.69) is 34.2 Å². The molecule has 19 heavy (non-hydrogen) atoms. The molecule has 2 aromatic heterocycles. The van der Waals surface area contributed by atoms with E-state index >= 15 is 0 Å². The van der Waals surface area contributed by atoms with Gasteiger partial charge in [0.15, 0.2) is 0 Å². The first-order valence-electron chi connectivity index (χ1n) is 6.76. The summed E-state index contributed by atoms with van der Waals surface area (Å²) < 4.78 is 0. The molecule has 2 heterocycles. The molecule has 0 bridgehead atoms. The first kappa shape index (κ1) is 10.7. The van der Waals surface area contributed by atoms with Crippen LogP contribution in [0.1, 0.15) is 29.3 Å². The molecule has 1 aliphatic rings. The second kappa shape index (κ2) is 4.19. The summed E-state index contributed by atoms with van der Waals surface area (Å²) in [7, 11) is 0. The van der Waals surface area contributed by atoms with Crippen molar-refractivity contribution in [2.24, 2.45) is 0 Å². The van der Waals surface area contributed by atoms with Gasteiger partial charge in [-0.05, 0) is 36.5 Å². The van der Waals surface area contributed by atoms with E-state index in [0.717, 1.165) is 29.7 Å². The van der Waals surface area contributed by atoms with Crippen LogP contribution in [0.5, 0.6) is 0 Å². The van der Waals surface area contributed by atoms with Crippen molar-refractivity contribution in [2.75, 3.05) is 0 Å². The van der Waals surface area contributed by atoms with Crippen molar-refractivity contribution in [3.05, 3.63) is 59.7 Å². The number of imidazole rings is 1. The maximum Gasteiger partial charge on any atom is 0.110 e. The summed E-state index contributed by atoms with van der Waals surface area (Å²) in [5.41, 5.74) is 5.02. The number of nitrogens with one attached hydrogen (secondary N) is 1. The maximum atomic E-state index is 4.71. The van der Waals surface area contributed by atoms with Crippen molar-refractivity contribution in [3.8, 4) is 0 Å². The lowest BCUT2D eigenvalue weighted by Crippen LogP contribution is -2.13. The van der Waals surface area contributed by atoms with E-state index in [4.69, 9.17) is 4.98 Å². The van der Waals surface area contributed by atoms with Crippen molar-refractivity contribution in [1.29, 1.82) is 0 Å². The topological polar surface area (TPSA) is 41.6 Å². The Morgan fingerprint density at radius 3 is 2.89 bits per heavy atom. The predicted molar refractivity (Wildman–Crippen MR) is 75.1 cm³/mol.